The number of carboxylic acid groups (broad SMARTS) is 1. The van der Waals surface area contributed by atoms with Crippen molar-refractivity contribution in [1.82, 2.24) is 9.29 Å². The van der Waals surface area contributed by atoms with E-state index < -0.39 is 33.1 Å². The van der Waals surface area contributed by atoms with Crippen LogP contribution in [0.4, 0.5) is 4.39 Å². The number of carbonyl (C=O) groups is 1. The number of hydrogen-bond donors (Lipinski definition) is 2. The van der Waals surface area contributed by atoms with Crippen LogP contribution in [0.15, 0.2) is 65.7 Å². The Labute approximate surface area is 163 Å². The Balaban J connectivity index is 2.10. The quantitative estimate of drug-likeness (QED) is 0.633. The second-order valence-corrected chi connectivity index (χ2v) is 7.95. The Morgan fingerprint density at radius 3 is 2.64 bits per heavy atom. The van der Waals surface area contributed by atoms with E-state index in [1.165, 1.54) is 24.4 Å². The minimum absolute atomic E-state index is 0.132. The molecule has 2 N–H and O–H groups in total. The molecule has 0 aliphatic carbocycles. The lowest BCUT2D eigenvalue weighted by Gasteiger charge is -2.13. The summed E-state index contributed by atoms with van der Waals surface area (Å²) in [5.41, 5.74) is 1.63. The summed E-state index contributed by atoms with van der Waals surface area (Å²) in [4.78, 5) is 10.3. The van der Waals surface area contributed by atoms with E-state index in [9.17, 15) is 17.6 Å². The number of nitrogens with one attached hydrogen (secondary N) is 1. The summed E-state index contributed by atoms with van der Waals surface area (Å²) in [5, 5.41) is 11.9. The second kappa shape index (κ2) is 7.95. The highest BCUT2D eigenvalue weighted by atomic mass is 32.2. The smallest absolute Gasteiger partial charge is 0.307 e. The van der Waals surface area contributed by atoms with Crippen molar-refractivity contribution in [2.24, 2.45) is 0 Å². The Morgan fingerprint density at radius 2 is 1.96 bits per heavy atom. The zero-order valence-corrected chi connectivity index (χ0v) is 15.8. The maximum atomic E-state index is 14.4. The normalized spacial score (nSPS) is 12.0. The average Bonchev–Trinajstić information content (AvgIpc) is 3.13. The van der Waals surface area contributed by atoms with Gasteiger partial charge in [0.2, 0.25) is 0 Å². The van der Waals surface area contributed by atoms with Crippen molar-refractivity contribution < 1.29 is 24.1 Å². The lowest BCUT2D eigenvalue weighted by molar-refractivity contribution is -0.136. The zero-order chi connectivity index (χ0) is 21.2. The van der Waals surface area contributed by atoms with E-state index in [1.807, 2.05) is 0 Å². The van der Waals surface area contributed by atoms with Crippen molar-refractivity contribution >= 4 is 16.0 Å². The van der Waals surface area contributed by atoms with Crippen molar-refractivity contribution in [3.63, 3.8) is 0 Å². The van der Waals surface area contributed by atoms with Crippen LogP contribution in [-0.2, 0) is 27.8 Å². The third kappa shape index (κ3) is 3.97. The maximum Gasteiger partial charge on any atom is 0.307 e. The SMILES string of the molecule is [2H]c1cc(CNC)ccc1-c1cccn1S(=O)(=O)c1cc(CC(=O)O)ccc1F. The highest BCUT2D eigenvalue weighted by Gasteiger charge is 2.24. The molecule has 1 heterocycles. The van der Waals surface area contributed by atoms with Crippen LogP contribution >= 0.6 is 0 Å². The van der Waals surface area contributed by atoms with E-state index in [2.05, 4.69) is 5.32 Å². The highest BCUT2D eigenvalue weighted by molar-refractivity contribution is 7.90. The fraction of sp³-hybridized carbons (Fsp3) is 0.150. The molecular formula is C20H19FN2O4S. The number of carboxylic acids is 1. The van der Waals surface area contributed by atoms with E-state index in [-0.39, 0.29) is 17.3 Å². The van der Waals surface area contributed by atoms with Crippen molar-refractivity contribution in [2.75, 3.05) is 7.05 Å². The van der Waals surface area contributed by atoms with Gasteiger partial charge in [-0.2, -0.15) is 0 Å². The molecule has 0 amide bonds. The summed E-state index contributed by atoms with van der Waals surface area (Å²) in [5.74, 6) is -2.13. The lowest BCUT2D eigenvalue weighted by atomic mass is 10.1. The lowest BCUT2D eigenvalue weighted by Crippen LogP contribution is -2.15. The van der Waals surface area contributed by atoms with Gasteiger partial charge >= 0.3 is 5.97 Å². The Morgan fingerprint density at radius 1 is 1.21 bits per heavy atom. The number of aromatic nitrogens is 1. The van der Waals surface area contributed by atoms with Crippen LogP contribution in [0.3, 0.4) is 0 Å². The van der Waals surface area contributed by atoms with Gasteiger partial charge in [0.25, 0.3) is 10.0 Å². The number of benzene rings is 2. The monoisotopic (exact) mass is 403 g/mol. The molecule has 0 bridgehead atoms. The molecule has 0 saturated carbocycles. The fourth-order valence-corrected chi connectivity index (χ4v) is 4.33. The third-order valence-electron chi connectivity index (χ3n) is 4.13. The van der Waals surface area contributed by atoms with Crippen LogP contribution in [0, 0.1) is 5.82 Å². The molecule has 0 fully saturated rings. The van der Waals surface area contributed by atoms with E-state index in [1.54, 1.807) is 25.2 Å². The standard InChI is InChI=1S/C20H19FN2O4S/c1-22-13-14-4-7-16(8-5-14)18-3-2-10-23(18)28(26,27)19-11-15(12-20(24)25)6-9-17(19)21/h2-11,22H,12-13H2,1H3,(H,24,25)/i7D. The predicted octanol–water partition coefficient (Wildman–Crippen LogP) is 2.88. The van der Waals surface area contributed by atoms with Crippen LogP contribution in [-0.4, -0.2) is 30.5 Å². The first-order valence-electron chi connectivity index (χ1n) is 8.91. The van der Waals surface area contributed by atoms with Gasteiger partial charge in [-0.3, -0.25) is 4.79 Å². The van der Waals surface area contributed by atoms with Gasteiger partial charge in [0.05, 0.1) is 13.5 Å². The molecule has 0 aliphatic rings. The molecule has 146 valence electrons. The summed E-state index contributed by atoms with van der Waals surface area (Å²) in [6, 6.07) is 11.4. The molecule has 0 saturated heterocycles. The molecular weight excluding hydrogens is 383 g/mol. The Kier molecular flexibility index (Phi) is 5.23. The van der Waals surface area contributed by atoms with Crippen LogP contribution in [0.25, 0.3) is 11.3 Å². The average molecular weight is 403 g/mol. The minimum Gasteiger partial charge on any atom is -0.481 e. The molecule has 28 heavy (non-hydrogen) atoms. The summed E-state index contributed by atoms with van der Waals surface area (Å²) >= 11 is 0. The summed E-state index contributed by atoms with van der Waals surface area (Å²) in [6.07, 6.45) is 0.847. The number of nitrogens with zero attached hydrogens (tertiary/aromatic N) is 1. The van der Waals surface area contributed by atoms with Crippen molar-refractivity contribution in [2.45, 2.75) is 17.9 Å². The van der Waals surface area contributed by atoms with Crippen LogP contribution in [0.5, 0.6) is 0 Å². The first-order chi connectivity index (χ1) is 13.7. The van der Waals surface area contributed by atoms with Crippen molar-refractivity contribution in [3.8, 4) is 11.3 Å². The number of aliphatic carboxylic acids is 1. The van der Waals surface area contributed by atoms with Crippen LogP contribution in [0.1, 0.15) is 12.5 Å². The maximum absolute atomic E-state index is 14.4. The molecule has 0 unspecified atom stereocenters. The van der Waals surface area contributed by atoms with Crippen molar-refractivity contribution in [1.29, 1.82) is 0 Å². The van der Waals surface area contributed by atoms with Crippen molar-refractivity contribution in [3.05, 3.63) is 77.7 Å². The van der Waals surface area contributed by atoms with Gasteiger partial charge in [-0.05, 0) is 48.0 Å². The first kappa shape index (κ1) is 18.4. The molecule has 6 nitrogen and oxygen atoms in total. The predicted molar refractivity (Wildman–Crippen MR) is 103 cm³/mol. The first-order valence-corrected chi connectivity index (χ1v) is 9.85. The number of hydrogen-bond acceptors (Lipinski definition) is 4. The van der Waals surface area contributed by atoms with Gasteiger partial charge in [0.1, 0.15) is 10.7 Å². The van der Waals surface area contributed by atoms with Gasteiger partial charge in [0.15, 0.2) is 0 Å². The van der Waals surface area contributed by atoms with E-state index >= 15 is 0 Å². The molecule has 8 heteroatoms. The molecule has 2 aromatic carbocycles. The summed E-state index contributed by atoms with van der Waals surface area (Å²) in [7, 11) is -2.57. The molecule has 1 aromatic heterocycles. The van der Waals surface area contributed by atoms with Crippen LogP contribution < -0.4 is 5.32 Å². The third-order valence-corrected chi connectivity index (χ3v) is 5.84. The van der Waals surface area contributed by atoms with Gasteiger partial charge < -0.3 is 10.4 Å². The molecule has 0 radical (unpaired) electrons. The summed E-state index contributed by atoms with van der Waals surface area (Å²) < 4.78 is 49.8. The largest absolute Gasteiger partial charge is 0.481 e. The zero-order valence-electron chi connectivity index (χ0n) is 16.0. The molecule has 0 atom stereocenters. The highest BCUT2D eigenvalue weighted by Crippen LogP contribution is 2.27. The van der Waals surface area contributed by atoms with E-state index in [4.69, 9.17) is 6.48 Å². The topological polar surface area (TPSA) is 88.4 Å². The summed E-state index contributed by atoms with van der Waals surface area (Å²) in [6.45, 7) is 0.563. The Bertz CT molecular complexity index is 1170. The van der Waals surface area contributed by atoms with Crippen LogP contribution in [0.2, 0.25) is 0 Å². The molecule has 0 spiro atoms. The van der Waals surface area contributed by atoms with Gasteiger partial charge in [-0.1, -0.05) is 30.3 Å². The second-order valence-electron chi connectivity index (χ2n) is 6.17. The fourth-order valence-electron chi connectivity index (χ4n) is 2.85. The molecule has 0 aliphatic heterocycles. The van der Waals surface area contributed by atoms with E-state index in [0.717, 1.165) is 21.7 Å². The van der Waals surface area contributed by atoms with E-state index in [0.29, 0.717) is 12.1 Å². The van der Waals surface area contributed by atoms with Gasteiger partial charge in [-0.25, -0.2) is 16.8 Å². The number of rotatable bonds is 7. The molecule has 3 aromatic rings. The molecule has 3 rings (SSSR count). The minimum atomic E-state index is -4.35. The Hall–Kier alpha value is -2.97. The van der Waals surface area contributed by atoms with Gasteiger partial charge in [0, 0.05) is 12.7 Å². The number of halogens is 1. The van der Waals surface area contributed by atoms with Gasteiger partial charge in [-0.15, -0.1) is 0 Å².